The Morgan fingerprint density at radius 2 is 2.24 bits per heavy atom. The lowest BCUT2D eigenvalue weighted by molar-refractivity contribution is -0.141. The predicted molar refractivity (Wildman–Crippen MR) is 69.3 cm³/mol. The Bertz CT molecular complexity index is 508. The second-order valence-corrected chi connectivity index (χ2v) is 3.19. The van der Waals surface area contributed by atoms with Crippen LogP contribution >= 0.6 is 12.2 Å². The Labute approximate surface area is 106 Å². The molecule has 0 amide bonds. The number of carbonyl (C=O) groups is 1. The van der Waals surface area contributed by atoms with Crippen molar-refractivity contribution in [3.05, 3.63) is 29.8 Å². The summed E-state index contributed by atoms with van der Waals surface area (Å²) in [5, 5.41) is 2.29. The van der Waals surface area contributed by atoms with Crippen molar-refractivity contribution in [1.82, 2.24) is 0 Å². The summed E-state index contributed by atoms with van der Waals surface area (Å²) < 4.78 is 4.76. The van der Waals surface area contributed by atoms with E-state index in [-0.39, 0.29) is 12.4 Å². The van der Waals surface area contributed by atoms with Gasteiger partial charge < -0.3 is 4.74 Å². The highest BCUT2D eigenvalue weighted by molar-refractivity contribution is 7.78. The number of hydrogen-bond acceptors (Lipinski definition) is 4. The van der Waals surface area contributed by atoms with Crippen LogP contribution in [-0.4, -0.2) is 17.7 Å². The first-order chi connectivity index (χ1) is 8.27. The molecule has 0 aliphatic heterocycles. The highest BCUT2D eigenvalue weighted by Gasteiger charge is 1.98. The van der Waals surface area contributed by atoms with Gasteiger partial charge in [-0.1, -0.05) is 24.0 Å². The van der Waals surface area contributed by atoms with Crippen LogP contribution < -0.4 is 0 Å². The van der Waals surface area contributed by atoms with Crippen molar-refractivity contribution in [3.63, 3.8) is 0 Å². The number of hydrogen-bond donors (Lipinski definition) is 0. The van der Waals surface area contributed by atoms with E-state index in [9.17, 15) is 4.79 Å². The minimum absolute atomic E-state index is 0.0729. The van der Waals surface area contributed by atoms with Crippen molar-refractivity contribution < 1.29 is 9.53 Å². The summed E-state index contributed by atoms with van der Waals surface area (Å²) in [6, 6.07) is 7.27. The van der Waals surface area contributed by atoms with E-state index in [1.165, 1.54) is 0 Å². The molecule has 1 rings (SSSR count). The lowest BCUT2D eigenvalue weighted by Gasteiger charge is -1.96. The Kier molecular flexibility index (Phi) is 5.67. The van der Waals surface area contributed by atoms with E-state index in [1.807, 2.05) is 18.2 Å². The van der Waals surface area contributed by atoms with Crippen molar-refractivity contribution in [2.45, 2.75) is 13.3 Å². The number of aliphatic imine (C=N–C) groups is 1. The van der Waals surface area contributed by atoms with E-state index in [0.29, 0.717) is 17.9 Å². The smallest absolute Gasteiger partial charge is 0.317 e. The molecule has 1 aromatic rings. The van der Waals surface area contributed by atoms with E-state index in [4.69, 9.17) is 4.74 Å². The van der Waals surface area contributed by atoms with Gasteiger partial charge in [-0.3, -0.25) is 4.79 Å². The first kappa shape index (κ1) is 13.1. The molecule has 0 saturated heterocycles. The molecular weight excluding hydrogens is 234 g/mol. The molecule has 0 radical (unpaired) electrons. The number of nitrogens with zero attached hydrogens (tertiary/aromatic N) is 1. The number of ether oxygens (including phenoxy) is 1. The van der Waals surface area contributed by atoms with E-state index in [2.05, 4.69) is 34.2 Å². The fraction of sp³-hybridized carbons (Fsp3) is 0.231. The third-order valence-electron chi connectivity index (χ3n) is 1.83. The number of isothiocyanates is 1. The Hall–Kier alpha value is -1.95. The average molecular weight is 245 g/mol. The highest BCUT2D eigenvalue weighted by Crippen LogP contribution is 2.16. The summed E-state index contributed by atoms with van der Waals surface area (Å²) in [6.45, 7) is 2.13. The summed E-state index contributed by atoms with van der Waals surface area (Å²) in [5.74, 6) is 5.27. The van der Waals surface area contributed by atoms with Gasteiger partial charge in [0.25, 0.3) is 0 Å². The Morgan fingerprint density at radius 1 is 1.47 bits per heavy atom. The molecule has 4 heteroatoms. The molecule has 0 aromatic heterocycles. The minimum Gasteiger partial charge on any atom is -0.465 e. The molecule has 0 bridgehead atoms. The quantitative estimate of drug-likeness (QED) is 0.356. The molecule has 3 nitrogen and oxygen atoms in total. The van der Waals surface area contributed by atoms with Gasteiger partial charge in [0.15, 0.2) is 0 Å². The van der Waals surface area contributed by atoms with Crippen molar-refractivity contribution in [2.24, 2.45) is 4.99 Å². The fourth-order valence-corrected chi connectivity index (χ4v) is 1.25. The maximum absolute atomic E-state index is 11.1. The van der Waals surface area contributed by atoms with E-state index >= 15 is 0 Å². The molecule has 17 heavy (non-hydrogen) atoms. The van der Waals surface area contributed by atoms with Gasteiger partial charge in [0.2, 0.25) is 0 Å². The monoisotopic (exact) mass is 245 g/mol. The standard InChI is InChI=1S/C13H11NO2S/c1-2-16-13(15)9-5-7-11-6-3-4-8-12(11)14-10-17/h3-4,6,8H,2,9H2,1H3. The zero-order valence-electron chi connectivity index (χ0n) is 9.40. The average Bonchev–Trinajstić information content (AvgIpc) is 2.32. The van der Waals surface area contributed by atoms with Crippen LogP contribution in [0.15, 0.2) is 29.3 Å². The number of rotatable bonds is 3. The van der Waals surface area contributed by atoms with Gasteiger partial charge >= 0.3 is 5.97 Å². The van der Waals surface area contributed by atoms with Gasteiger partial charge in [-0.25, -0.2) is 0 Å². The highest BCUT2D eigenvalue weighted by atomic mass is 32.1. The zero-order chi connectivity index (χ0) is 12.5. The molecule has 86 valence electrons. The molecule has 0 saturated carbocycles. The first-order valence-corrected chi connectivity index (χ1v) is 5.50. The van der Waals surface area contributed by atoms with Crippen LogP contribution in [0.1, 0.15) is 18.9 Å². The Balaban J connectivity index is 2.78. The van der Waals surface area contributed by atoms with Gasteiger partial charge in [0.1, 0.15) is 6.42 Å². The molecular formula is C13H11NO2S. The van der Waals surface area contributed by atoms with Gasteiger partial charge in [0, 0.05) is 0 Å². The number of esters is 1. The van der Waals surface area contributed by atoms with Crippen LogP contribution in [0.2, 0.25) is 0 Å². The lowest BCUT2D eigenvalue weighted by atomic mass is 10.2. The van der Waals surface area contributed by atoms with Crippen LogP contribution in [-0.2, 0) is 9.53 Å². The molecule has 0 spiro atoms. The number of thiocarbonyl (C=S) groups is 1. The second-order valence-electron chi connectivity index (χ2n) is 3.00. The van der Waals surface area contributed by atoms with Crippen molar-refractivity contribution in [1.29, 1.82) is 0 Å². The summed E-state index contributed by atoms with van der Waals surface area (Å²) in [4.78, 5) is 15.0. The molecule has 0 unspecified atom stereocenters. The Morgan fingerprint density at radius 3 is 2.94 bits per heavy atom. The summed E-state index contributed by atoms with van der Waals surface area (Å²) in [7, 11) is 0. The number of benzene rings is 1. The van der Waals surface area contributed by atoms with Crippen molar-refractivity contribution >= 4 is 29.0 Å². The third kappa shape index (κ3) is 4.60. The second kappa shape index (κ2) is 7.34. The summed E-state index contributed by atoms with van der Waals surface area (Å²) in [6.07, 6.45) is 0.0729. The van der Waals surface area contributed by atoms with Crippen LogP contribution in [0, 0.1) is 11.8 Å². The number of para-hydroxylation sites is 1. The molecule has 0 heterocycles. The van der Waals surface area contributed by atoms with Gasteiger partial charge in [0.05, 0.1) is 23.0 Å². The molecule has 0 aliphatic carbocycles. The lowest BCUT2D eigenvalue weighted by Crippen LogP contribution is -2.01. The maximum atomic E-state index is 11.1. The van der Waals surface area contributed by atoms with Gasteiger partial charge in [-0.2, -0.15) is 4.99 Å². The maximum Gasteiger partial charge on any atom is 0.317 e. The van der Waals surface area contributed by atoms with Crippen LogP contribution in [0.25, 0.3) is 0 Å². The fourth-order valence-electron chi connectivity index (χ4n) is 1.15. The number of carbonyl (C=O) groups excluding carboxylic acids is 1. The largest absolute Gasteiger partial charge is 0.465 e. The van der Waals surface area contributed by atoms with E-state index in [0.717, 1.165) is 0 Å². The van der Waals surface area contributed by atoms with E-state index < -0.39 is 0 Å². The van der Waals surface area contributed by atoms with E-state index in [1.54, 1.807) is 13.0 Å². The van der Waals surface area contributed by atoms with Gasteiger partial charge in [-0.15, -0.1) is 0 Å². The molecule has 0 aliphatic rings. The first-order valence-electron chi connectivity index (χ1n) is 5.09. The molecule has 0 atom stereocenters. The van der Waals surface area contributed by atoms with Gasteiger partial charge in [-0.05, 0) is 31.3 Å². The van der Waals surface area contributed by atoms with Crippen LogP contribution in [0.3, 0.4) is 0 Å². The molecule has 1 aromatic carbocycles. The third-order valence-corrected chi connectivity index (χ3v) is 1.92. The molecule has 0 N–H and O–H groups in total. The topological polar surface area (TPSA) is 38.7 Å². The minimum atomic E-state index is -0.323. The zero-order valence-corrected chi connectivity index (χ0v) is 10.2. The van der Waals surface area contributed by atoms with Crippen LogP contribution in [0.4, 0.5) is 5.69 Å². The van der Waals surface area contributed by atoms with Crippen molar-refractivity contribution in [3.8, 4) is 11.8 Å². The van der Waals surface area contributed by atoms with Crippen LogP contribution in [0.5, 0.6) is 0 Å². The SMILES string of the molecule is CCOC(=O)CC#Cc1ccccc1N=C=S. The normalized spacial score (nSPS) is 8.53. The van der Waals surface area contributed by atoms with Crippen molar-refractivity contribution in [2.75, 3.05) is 6.61 Å². The summed E-state index contributed by atoms with van der Waals surface area (Å²) >= 11 is 4.54. The predicted octanol–water partition coefficient (Wildman–Crippen LogP) is 2.73. The molecule has 0 fully saturated rings. The summed E-state index contributed by atoms with van der Waals surface area (Å²) in [5.41, 5.74) is 1.37.